The first kappa shape index (κ1) is 28.8. The van der Waals surface area contributed by atoms with Gasteiger partial charge in [-0.2, -0.15) is 0 Å². The molecule has 0 aliphatic rings. The fourth-order valence-electron chi connectivity index (χ4n) is 3.65. The van der Waals surface area contributed by atoms with Crippen molar-refractivity contribution in [1.82, 2.24) is 15.3 Å². The van der Waals surface area contributed by atoms with Crippen LogP contribution in [0.3, 0.4) is 0 Å². The lowest BCUT2D eigenvalue weighted by Gasteiger charge is -2.20. The van der Waals surface area contributed by atoms with E-state index in [4.69, 9.17) is 9.47 Å². The Bertz CT molecular complexity index is 1490. The average Bonchev–Trinajstić information content (AvgIpc) is 2.96. The number of nitrogens with zero attached hydrogens (tertiary/aromatic N) is 2. The van der Waals surface area contributed by atoms with Crippen LogP contribution in [-0.2, 0) is 22.6 Å². The molecule has 41 heavy (non-hydrogen) atoms. The third-order valence-corrected chi connectivity index (χ3v) is 5.58. The highest BCUT2D eigenvalue weighted by Gasteiger charge is 2.19. The topological polar surface area (TPSA) is 132 Å². The number of aromatic nitrogens is 2. The first-order valence-corrected chi connectivity index (χ1v) is 12.9. The Hall–Kier alpha value is -5.25. The molecule has 10 heteroatoms. The SMILES string of the molecule is CC(C)(C)OC(=O)Nc1ccc(-c2ccccc2)nc1NC(=O)c1ccc(COC(=O)NCc2cccnc2)cc1. The highest BCUT2D eigenvalue weighted by molar-refractivity contribution is 6.06. The maximum atomic E-state index is 13.1. The summed E-state index contributed by atoms with van der Waals surface area (Å²) in [6.45, 7) is 5.61. The Morgan fingerprint density at radius 1 is 0.805 bits per heavy atom. The minimum atomic E-state index is -0.698. The number of hydrogen-bond acceptors (Lipinski definition) is 7. The Morgan fingerprint density at radius 2 is 1.56 bits per heavy atom. The van der Waals surface area contributed by atoms with Gasteiger partial charge in [-0.3, -0.25) is 15.1 Å². The summed E-state index contributed by atoms with van der Waals surface area (Å²) in [5.74, 6) is -0.267. The van der Waals surface area contributed by atoms with E-state index in [0.29, 0.717) is 23.4 Å². The van der Waals surface area contributed by atoms with E-state index < -0.39 is 23.7 Å². The number of rotatable bonds is 8. The number of hydrogen-bond donors (Lipinski definition) is 3. The Labute approximate surface area is 238 Å². The molecular weight excluding hydrogens is 522 g/mol. The van der Waals surface area contributed by atoms with Crippen LogP contribution in [0, 0.1) is 0 Å². The Balaban J connectivity index is 1.41. The second kappa shape index (κ2) is 13.2. The van der Waals surface area contributed by atoms with Gasteiger partial charge in [-0.1, -0.05) is 48.5 Å². The number of amides is 3. The van der Waals surface area contributed by atoms with E-state index in [1.807, 2.05) is 36.4 Å². The van der Waals surface area contributed by atoms with Crippen LogP contribution in [0.25, 0.3) is 11.3 Å². The van der Waals surface area contributed by atoms with Gasteiger partial charge in [0, 0.05) is 30.1 Å². The number of benzene rings is 2. The number of nitrogens with one attached hydrogen (secondary N) is 3. The van der Waals surface area contributed by atoms with Gasteiger partial charge in [0.05, 0.1) is 11.4 Å². The third-order valence-electron chi connectivity index (χ3n) is 5.58. The number of alkyl carbamates (subject to hydrolysis) is 1. The molecule has 0 unspecified atom stereocenters. The van der Waals surface area contributed by atoms with E-state index in [0.717, 1.165) is 11.1 Å². The standard InChI is InChI=1S/C31H31N5O5/c1-31(2,3)41-30(39)35-26-16-15-25(23-9-5-4-6-10-23)34-27(26)36-28(37)24-13-11-21(12-14-24)20-40-29(38)33-19-22-8-7-17-32-18-22/h4-18H,19-20H2,1-3H3,(H,33,38)(H,35,39)(H,34,36,37). The van der Waals surface area contributed by atoms with Crippen LogP contribution in [0.4, 0.5) is 21.1 Å². The summed E-state index contributed by atoms with van der Waals surface area (Å²) in [6.07, 6.45) is 2.08. The minimum absolute atomic E-state index is 0.0331. The predicted octanol–water partition coefficient (Wildman–Crippen LogP) is 6.17. The van der Waals surface area contributed by atoms with Gasteiger partial charge in [-0.25, -0.2) is 14.6 Å². The van der Waals surface area contributed by atoms with Gasteiger partial charge >= 0.3 is 12.2 Å². The lowest BCUT2D eigenvalue weighted by atomic mass is 10.1. The van der Waals surface area contributed by atoms with Gasteiger partial charge in [0.2, 0.25) is 0 Å². The summed E-state index contributed by atoms with van der Waals surface area (Å²) in [4.78, 5) is 46.2. The van der Waals surface area contributed by atoms with E-state index in [9.17, 15) is 14.4 Å². The van der Waals surface area contributed by atoms with Crippen molar-refractivity contribution in [2.45, 2.75) is 39.5 Å². The number of carbonyl (C=O) groups is 3. The van der Waals surface area contributed by atoms with Gasteiger partial charge in [0.15, 0.2) is 5.82 Å². The highest BCUT2D eigenvalue weighted by atomic mass is 16.6. The van der Waals surface area contributed by atoms with Gasteiger partial charge in [-0.05, 0) is 62.2 Å². The summed E-state index contributed by atoms with van der Waals surface area (Å²) in [5, 5.41) is 8.11. The molecule has 0 saturated heterocycles. The summed E-state index contributed by atoms with van der Waals surface area (Å²) in [6, 6.07) is 23.1. The molecule has 0 bridgehead atoms. The molecular formula is C31H31N5O5. The molecule has 0 aliphatic carbocycles. The van der Waals surface area contributed by atoms with Crippen LogP contribution in [0.15, 0.2) is 91.3 Å². The van der Waals surface area contributed by atoms with Crippen molar-refractivity contribution in [1.29, 1.82) is 0 Å². The quantitative estimate of drug-likeness (QED) is 0.238. The molecule has 2 heterocycles. The van der Waals surface area contributed by atoms with E-state index >= 15 is 0 Å². The second-order valence-electron chi connectivity index (χ2n) is 10.0. The maximum absolute atomic E-state index is 13.1. The van der Waals surface area contributed by atoms with Crippen molar-refractivity contribution >= 4 is 29.6 Å². The van der Waals surface area contributed by atoms with E-state index in [2.05, 4.69) is 25.9 Å². The summed E-state index contributed by atoms with van der Waals surface area (Å²) < 4.78 is 10.6. The molecule has 0 spiro atoms. The third kappa shape index (κ3) is 8.89. The molecule has 10 nitrogen and oxygen atoms in total. The summed E-state index contributed by atoms with van der Waals surface area (Å²) in [7, 11) is 0. The molecule has 3 N–H and O–H groups in total. The molecule has 4 rings (SSSR count). The van der Waals surface area contributed by atoms with Crippen molar-refractivity contribution in [3.8, 4) is 11.3 Å². The van der Waals surface area contributed by atoms with Crippen LogP contribution < -0.4 is 16.0 Å². The smallest absolute Gasteiger partial charge is 0.412 e. The van der Waals surface area contributed by atoms with Gasteiger partial charge < -0.3 is 20.1 Å². The maximum Gasteiger partial charge on any atom is 0.412 e. The van der Waals surface area contributed by atoms with Crippen molar-refractivity contribution in [3.63, 3.8) is 0 Å². The zero-order chi connectivity index (χ0) is 29.2. The van der Waals surface area contributed by atoms with Crippen molar-refractivity contribution in [2.24, 2.45) is 0 Å². The van der Waals surface area contributed by atoms with Crippen LogP contribution in [0.5, 0.6) is 0 Å². The molecule has 0 atom stereocenters. The molecule has 4 aromatic rings. The van der Waals surface area contributed by atoms with Crippen molar-refractivity contribution < 1.29 is 23.9 Å². The number of carbonyl (C=O) groups excluding carboxylic acids is 3. The fraction of sp³-hybridized carbons (Fsp3) is 0.194. The molecule has 2 aromatic carbocycles. The van der Waals surface area contributed by atoms with Gasteiger partial charge in [0.25, 0.3) is 5.91 Å². The lowest BCUT2D eigenvalue weighted by Crippen LogP contribution is -2.27. The number of ether oxygens (including phenoxy) is 2. The van der Waals surface area contributed by atoms with E-state index in [1.165, 1.54) is 0 Å². The second-order valence-corrected chi connectivity index (χ2v) is 10.0. The van der Waals surface area contributed by atoms with Gasteiger partial charge in [0.1, 0.15) is 12.2 Å². The highest BCUT2D eigenvalue weighted by Crippen LogP contribution is 2.26. The zero-order valence-corrected chi connectivity index (χ0v) is 23.0. The summed E-state index contributed by atoms with van der Waals surface area (Å²) in [5.41, 5.74) is 2.96. The number of pyridine rings is 2. The molecule has 2 aromatic heterocycles. The monoisotopic (exact) mass is 553 g/mol. The fourth-order valence-corrected chi connectivity index (χ4v) is 3.65. The van der Waals surface area contributed by atoms with Gasteiger partial charge in [-0.15, -0.1) is 0 Å². The van der Waals surface area contributed by atoms with Crippen LogP contribution in [0.1, 0.15) is 42.3 Å². The molecule has 3 amide bonds. The number of anilines is 2. The van der Waals surface area contributed by atoms with Crippen LogP contribution >= 0.6 is 0 Å². The predicted molar refractivity (Wildman–Crippen MR) is 155 cm³/mol. The Kier molecular flexibility index (Phi) is 9.26. The minimum Gasteiger partial charge on any atom is -0.445 e. The normalized spacial score (nSPS) is 10.8. The van der Waals surface area contributed by atoms with Crippen molar-refractivity contribution in [2.75, 3.05) is 10.6 Å². The lowest BCUT2D eigenvalue weighted by molar-refractivity contribution is 0.0635. The molecule has 0 fully saturated rings. The average molecular weight is 554 g/mol. The van der Waals surface area contributed by atoms with E-state index in [1.54, 1.807) is 75.6 Å². The summed E-state index contributed by atoms with van der Waals surface area (Å²) >= 11 is 0. The Morgan fingerprint density at radius 3 is 2.24 bits per heavy atom. The van der Waals surface area contributed by atoms with Crippen LogP contribution in [-0.4, -0.2) is 33.7 Å². The molecule has 0 saturated carbocycles. The van der Waals surface area contributed by atoms with E-state index in [-0.39, 0.29) is 18.1 Å². The van der Waals surface area contributed by atoms with Crippen molar-refractivity contribution in [3.05, 3.63) is 108 Å². The first-order chi connectivity index (χ1) is 19.7. The first-order valence-electron chi connectivity index (χ1n) is 12.9. The van der Waals surface area contributed by atoms with Crippen LogP contribution in [0.2, 0.25) is 0 Å². The largest absolute Gasteiger partial charge is 0.445 e. The zero-order valence-electron chi connectivity index (χ0n) is 23.0. The molecule has 0 radical (unpaired) electrons. The molecule has 0 aliphatic heterocycles. The molecule has 210 valence electrons.